The fourth-order valence-electron chi connectivity index (χ4n) is 3.29. The van der Waals surface area contributed by atoms with Crippen molar-refractivity contribution in [3.8, 4) is 0 Å². The molecule has 0 bridgehead atoms. The molecular weight excluding hydrogens is 508 g/mol. The smallest absolute Gasteiger partial charge is 0.416 e. The summed E-state index contributed by atoms with van der Waals surface area (Å²) in [6.45, 7) is 6.43. The number of nitrogens with one attached hydrogen (secondary N) is 1. The van der Waals surface area contributed by atoms with Crippen molar-refractivity contribution in [3.63, 3.8) is 0 Å². The molecule has 0 aliphatic rings. The quantitative estimate of drug-likeness (QED) is 0.285. The number of alkyl carbamates (subject to hydrolysis) is 1. The third-order valence-electron chi connectivity index (χ3n) is 5.06. The lowest BCUT2D eigenvalue weighted by molar-refractivity contribution is -0.144. The molecule has 0 fully saturated rings. The zero-order valence-electron chi connectivity index (χ0n) is 20.6. The van der Waals surface area contributed by atoms with E-state index in [0.717, 1.165) is 7.11 Å². The maximum absolute atomic E-state index is 13.2. The predicted octanol–water partition coefficient (Wildman–Crippen LogP) is 5.87. The van der Waals surface area contributed by atoms with Crippen molar-refractivity contribution in [2.45, 2.75) is 58.1 Å². The monoisotopic (exact) mass is 533 g/mol. The van der Waals surface area contributed by atoms with Crippen LogP contribution in [0.4, 0.5) is 31.1 Å². The number of rotatable bonds is 6. The molecule has 2 aromatic carbocycles. The maximum Gasteiger partial charge on any atom is 0.416 e. The first-order valence-electron chi connectivity index (χ1n) is 10.8. The first-order chi connectivity index (χ1) is 16.8. The Morgan fingerprint density at radius 1 is 0.865 bits per heavy atom. The van der Waals surface area contributed by atoms with Crippen LogP contribution in [0.5, 0.6) is 0 Å². The molecule has 0 heterocycles. The third kappa shape index (κ3) is 8.22. The molecule has 0 saturated carbocycles. The highest BCUT2D eigenvalue weighted by atomic mass is 19.4. The number of aryl methyl sites for hydroxylation is 1. The molecule has 1 amide bonds. The van der Waals surface area contributed by atoms with Crippen molar-refractivity contribution in [2.75, 3.05) is 7.11 Å². The largest absolute Gasteiger partial charge is 0.467 e. The van der Waals surface area contributed by atoms with Crippen molar-refractivity contribution in [1.29, 1.82) is 0 Å². The first-order valence-corrected chi connectivity index (χ1v) is 10.8. The topological polar surface area (TPSA) is 81.7 Å². The van der Waals surface area contributed by atoms with Crippen molar-refractivity contribution in [3.05, 3.63) is 69.8 Å². The van der Waals surface area contributed by atoms with E-state index in [1.54, 1.807) is 27.7 Å². The molecule has 0 saturated heterocycles. The van der Waals surface area contributed by atoms with Crippen LogP contribution in [0.25, 0.3) is 0 Å². The highest BCUT2D eigenvalue weighted by molar-refractivity contribution is 6.09. The van der Waals surface area contributed by atoms with E-state index in [0.29, 0.717) is 23.3 Å². The summed E-state index contributed by atoms with van der Waals surface area (Å²) in [5.41, 5.74) is -4.28. The second kappa shape index (κ2) is 10.8. The van der Waals surface area contributed by atoms with Gasteiger partial charge in [-0.25, -0.2) is 9.59 Å². The van der Waals surface area contributed by atoms with E-state index in [1.807, 2.05) is 0 Å². The summed E-state index contributed by atoms with van der Waals surface area (Å²) in [6, 6.07) is 3.26. The zero-order chi connectivity index (χ0) is 28.3. The predicted molar refractivity (Wildman–Crippen MR) is 120 cm³/mol. The average molecular weight is 533 g/mol. The Morgan fingerprint density at radius 3 is 1.86 bits per heavy atom. The molecule has 0 unspecified atom stereocenters. The van der Waals surface area contributed by atoms with Gasteiger partial charge in [-0.1, -0.05) is 12.1 Å². The minimum atomic E-state index is -5.12. The second-order valence-electron chi connectivity index (χ2n) is 9.19. The number of carbonyl (C=O) groups excluding carboxylic acids is 3. The summed E-state index contributed by atoms with van der Waals surface area (Å²) in [4.78, 5) is 37.4. The molecule has 0 spiro atoms. The van der Waals surface area contributed by atoms with Crippen LogP contribution >= 0.6 is 0 Å². The summed E-state index contributed by atoms with van der Waals surface area (Å²) >= 11 is 0. The molecule has 0 radical (unpaired) electrons. The molecule has 2 rings (SSSR count). The van der Waals surface area contributed by atoms with Crippen LogP contribution in [0.1, 0.15) is 58.9 Å². The lowest BCUT2D eigenvalue weighted by Crippen LogP contribution is -2.45. The molecule has 1 N–H and O–H groups in total. The summed E-state index contributed by atoms with van der Waals surface area (Å²) in [7, 11) is 1.09. The molecular formula is C25H25F6NO5. The van der Waals surface area contributed by atoms with E-state index < -0.39 is 58.5 Å². The number of amides is 1. The Kier molecular flexibility index (Phi) is 8.67. The van der Waals surface area contributed by atoms with Gasteiger partial charge in [0.05, 0.1) is 18.2 Å². The number of methoxy groups -OCH3 is 1. The number of hydrogen-bond acceptors (Lipinski definition) is 5. The van der Waals surface area contributed by atoms with Gasteiger partial charge < -0.3 is 14.8 Å². The minimum Gasteiger partial charge on any atom is -0.467 e. The number of hydrogen-bond donors (Lipinski definition) is 1. The zero-order valence-corrected chi connectivity index (χ0v) is 20.6. The molecule has 12 heteroatoms. The first kappa shape index (κ1) is 29.7. The molecule has 1 atom stereocenters. The molecule has 2 aromatic rings. The van der Waals surface area contributed by atoms with Crippen LogP contribution in [0.2, 0.25) is 0 Å². The summed E-state index contributed by atoms with van der Waals surface area (Å²) in [6.07, 6.45) is -11.3. The summed E-state index contributed by atoms with van der Waals surface area (Å²) in [5, 5.41) is 2.36. The van der Waals surface area contributed by atoms with E-state index in [9.17, 15) is 40.7 Å². The fraction of sp³-hybridized carbons (Fsp3) is 0.400. The van der Waals surface area contributed by atoms with Crippen molar-refractivity contribution < 1.29 is 50.2 Å². The lowest BCUT2D eigenvalue weighted by atomic mass is 9.93. The highest BCUT2D eigenvalue weighted by Crippen LogP contribution is 2.36. The highest BCUT2D eigenvalue weighted by Gasteiger charge is 2.37. The normalized spacial score (nSPS) is 13.1. The van der Waals surface area contributed by atoms with Gasteiger partial charge in [-0.05, 0) is 63.1 Å². The molecule has 37 heavy (non-hydrogen) atoms. The van der Waals surface area contributed by atoms with Gasteiger partial charge in [0.25, 0.3) is 0 Å². The summed E-state index contributed by atoms with van der Waals surface area (Å²) in [5.74, 6) is -1.93. The Balaban J connectivity index is 2.46. The van der Waals surface area contributed by atoms with Crippen molar-refractivity contribution in [2.24, 2.45) is 0 Å². The van der Waals surface area contributed by atoms with E-state index in [4.69, 9.17) is 9.47 Å². The van der Waals surface area contributed by atoms with Crippen LogP contribution < -0.4 is 5.32 Å². The van der Waals surface area contributed by atoms with E-state index in [1.165, 1.54) is 18.2 Å². The standard InChI is InChI=1S/C25H25F6NO5/c1-13-6-7-14(8-15(13)11-19(21(34)36-5)32-22(35)37-23(2,3)4)20(33)16-9-17(24(26,27)28)12-18(10-16)25(29,30)31/h6-10,12,19H,11H2,1-5H3,(H,32,35)/t19-/m0/s1. The van der Waals surface area contributed by atoms with Crippen LogP contribution in [0, 0.1) is 6.92 Å². The molecule has 0 aromatic heterocycles. The second-order valence-corrected chi connectivity index (χ2v) is 9.19. The van der Waals surface area contributed by atoms with Gasteiger partial charge in [-0.2, -0.15) is 26.3 Å². The fourth-order valence-corrected chi connectivity index (χ4v) is 3.29. The van der Waals surface area contributed by atoms with Crippen molar-refractivity contribution >= 4 is 17.8 Å². The molecule has 0 aliphatic heterocycles. The van der Waals surface area contributed by atoms with Gasteiger partial charge in [0.15, 0.2) is 5.78 Å². The van der Waals surface area contributed by atoms with Crippen LogP contribution in [0.3, 0.4) is 0 Å². The number of benzene rings is 2. The van der Waals surface area contributed by atoms with Crippen LogP contribution in [0.15, 0.2) is 36.4 Å². The van der Waals surface area contributed by atoms with Gasteiger partial charge in [-0.3, -0.25) is 4.79 Å². The molecule has 202 valence electrons. The number of ketones is 1. The van der Waals surface area contributed by atoms with Crippen LogP contribution in [-0.2, 0) is 33.0 Å². The average Bonchev–Trinajstić information content (AvgIpc) is 2.76. The number of carbonyl (C=O) groups is 3. The summed E-state index contributed by atoms with van der Waals surface area (Å²) < 4.78 is 89.1. The Hall–Kier alpha value is -3.57. The Bertz CT molecular complexity index is 1150. The van der Waals surface area contributed by atoms with Gasteiger partial charge in [0.1, 0.15) is 11.6 Å². The number of alkyl halides is 6. The van der Waals surface area contributed by atoms with Gasteiger partial charge in [-0.15, -0.1) is 0 Å². The van der Waals surface area contributed by atoms with Gasteiger partial charge in [0, 0.05) is 17.5 Å². The van der Waals surface area contributed by atoms with E-state index in [2.05, 4.69) is 5.32 Å². The number of halogens is 6. The maximum atomic E-state index is 13.2. The van der Waals surface area contributed by atoms with Crippen LogP contribution in [-0.4, -0.2) is 36.6 Å². The molecule has 0 aliphatic carbocycles. The van der Waals surface area contributed by atoms with Crippen molar-refractivity contribution in [1.82, 2.24) is 5.32 Å². The lowest BCUT2D eigenvalue weighted by Gasteiger charge is -2.23. The Morgan fingerprint density at radius 2 is 1.41 bits per heavy atom. The molecule has 6 nitrogen and oxygen atoms in total. The van der Waals surface area contributed by atoms with Gasteiger partial charge in [0.2, 0.25) is 0 Å². The number of ether oxygens (including phenoxy) is 2. The Labute approximate surface area is 208 Å². The third-order valence-corrected chi connectivity index (χ3v) is 5.06. The van der Waals surface area contributed by atoms with Gasteiger partial charge >= 0.3 is 24.4 Å². The van der Waals surface area contributed by atoms with E-state index >= 15 is 0 Å². The minimum absolute atomic E-state index is 0.0688. The van der Waals surface area contributed by atoms with E-state index in [-0.39, 0.29) is 18.1 Å². The number of esters is 1. The SMILES string of the molecule is COC(=O)[C@H](Cc1cc(C(=O)c2cc(C(F)(F)F)cc(C(F)(F)F)c2)ccc1C)NC(=O)OC(C)(C)C.